The molecule has 3 heterocycles. The molecule has 3 N–H and O–H groups in total. The first-order valence-corrected chi connectivity index (χ1v) is 6.84. The number of rotatable bonds is 3. The highest BCUT2D eigenvalue weighted by Crippen LogP contribution is 2.29. The monoisotopic (exact) mass is 274 g/mol. The first-order chi connectivity index (χ1) is 9.61. The number of anilines is 1. The smallest absolute Gasteiger partial charge is 0.356 e. The van der Waals surface area contributed by atoms with Gasteiger partial charge in [-0.15, -0.1) is 0 Å². The van der Waals surface area contributed by atoms with Gasteiger partial charge in [0.25, 0.3) is 0 Å². The largest absolute Gasteiger partial charge is 0.476 e. The lowest BCUT2D eigenvalue weighted by molar-refractivity contribution is 0.0693. The second kappa shape index (κ2) is 4.79. The average molecular weight is 274 g/mol. The van der Waals surface area contributed by atoms with E-state index < -0.39 is 5.97 Å². The second-order valence-corrected chi connectivity index (χ2v) is 5.17. The Morgan fingerprint density at radius 3 is 3.00 bits per heavy atom. The Bertz CT molecular complexity index is 664. The van der Waals surface area contributed by atoms with Gasteiger partial charge in [-0.1, -0.05) is 13.0 Å². The third kappa shape index (κ3) is 1.92. The standard InChI is InChI=1S/C14H18N4O2/c1-2-17-7-6-9(8-17)13-16-12(14(19)20)10-4-3-5-11(15)18(10)13/h3-5,9H,2,6-8,15H2,1H3,(H,19,20). The normalized spacial score (nSPS) is 19.8. The molecule has 0 aliphatic carbocycles. The Morgan fingerprint density at radius 2 is 2.35 bits per heavy atom. The lowest BCUT2D eigenvalue weighted by Gasteiger charge is -2.13. The van der Waals surface area contributed by atoms with Gasteiger partial charge in [-0.25, -0.2) is 9.78 Å². The van der Waals surface area contributed by atoms with Crippen LogP contribution in [0.4, 0.5) is 5.82 Å². The minimum absolute atomic E-state index is 0.0854. The van der Waals surface area contributed by atoms with E-state index in [1.54, 1.807) is 22.6 Å². The minimum Gasteiger partial charge on any atom is -0.476 e. The molecule has 0 radical (unpaired) electrons. The summed E-state index contributed by atoms with van der Waals surface area (Å²) in [4.78, 5) is 18.0. The maximum absolute atomic E-state index is 11.3. The third-order valence-electron chi connectivity index (χ3n) is 4.01. The molecule has 1 unspecified atom stereocenters. The van der Waals surface area contributed by atoms with Crippen LogP contribution in [-0.4, -0.2) is 45.0 Å². The number of aromatic carboxylic acids is 1. The molecule has 0 amide bonds. The maximum Gasteiger partial charge on any atom is 0.356 e. The summed E-state index contributed by atoms with van der Waals surface area (Å²) in [6.45, 7) is 5.05. The van der Waals surface area contributed by atoms with Crippen LogP contribution in [-0.2, 0) is 0 Å². The number of fused-ring (bicyclic) bond motifs is 1. The summed E-state index contributed by atoms with van der Waals surface area (Å²) in [5.74, 6) is 0.531. The first kappa shape index (κ1) is 12.9. The zero-order chi connectivity index (χ0) is 14.3. The van der Waals surface area contributed by atoms with Crippen LogP contribution >= 0.6 is 0 Å². The van der Waals surface area contributed by atoms with Crippen molar-refractivity contribution in [1.82, 2.24) is 14.3 Å². The predicted molar refractivity (Wildman–Crippen MR) is 76.0 cm³/mol. The highest BCUT2D eigenvalue weighted by atomic mass is 16.4. The molecule has 0 spiro atoms. The summed E-state index contributed by atoms with van der Waals surface area (Å²) in [7, 11) is 0. The molecule has 1 fully saturated rings. The van der Waals surface area contributed by atoms with Crippen LogP contribution < -0.4 is 5.73 Å². The number of carbonyl (C=O) groups is 1. The Hall–Kier alpha value is -2.08. The minimum atomic E-state index is -1.01. The van der Waals surface area contributed by atoms with Crippen molar-refractivity contribution < 1.29 is 9.90 Å². The van der Waals surface area contributed by atoms with Crippen molar-refractivity contribution in [1.29, 1.82) is 0 Å². The van der Waals surface area contributed by atoms with Crippen LogP contribution in [0.2, 0.25) is 0 Å². The number of nitrogens with zero attached hydrogens (tertiary/aromatic N) is 3. The summed E-state index contributed by atoms with van der Waals surface area (Å²) >= 11 is 0. The van der Waals surface area contributed by atoms with Crippen molar-refractivity contribution >= 4 is 17.3 Å². The molecule has 6 nitrogen and oxygen atoms in total. The Labute approximate surface area is 116 Å². The van der Waals surface area contributed by atoms with Gasteiger partial charge in [0.05, 0.1) is 5.52 Å². The predicted octanol–water partition coefficient (Wildman–Crippen LogP) is 1.42. The fourth-order valence-electron chi connectivity index (χ4n) is 2.95. The molecule has 1 saturated heterocycles. The van der Waals surface area contributed by atoms with E-state index in [9.17, 15) is 9.90 Å². The number of carboxylic acid groups (broad SMARTS) is 1. The van der Waals surface area contributed by atoms with Crippen LogP contribution in [0, 0.1) is 0 Å². The van der Waals surface area contributed by atoms with E-state index in [1.807, 2.05) is 0 Å². The van der Waals surface area contributed by atoms with E-state index in [-0.39, 0.29) is 11.6 Å². The molecular weight excluding hydrogens is 256 g/mol. The van der Waals surface area contributed by atoms with E-state index in [0.29, 0.717) is 11.3 Å². The van der Waals surface area contributed by atoms with Gasteiger partial charge in [-0.2, -0.15) is 0 Å². The van der Waals surface area contributed by atoms with Crippen LogP contribution in [0.1, 0.15) is 35.6 Å². The summed E-state index contributed by atoms with van der Waals surface area (Å²) in [6, 6.07) is 5.29. The molecule has 1 aliphatic heterocycles. The van der Waals surface area contributed by atoms with Crippen LogP contribution in [0.5, 0.6) is 0 Å². The number of hydrogen-bond donors (Lipinski definition) is 2. The highest BCUT2D eigenvalue weighted by molar-refractivity contribution is 5.94. The van der Waals surface area contributed by atoms with Crippen LogP contribution in [0.15, 0.2) is 18.2 Å². The topological polar surface area (TPSA) is 83.9 Å². The summed E-state index contributed by atoms with van der Waals surface area (Å²) < 4.78 is 1.78. The van der Waals surface area contributed by atoms with E-state index in [2.05, 4.69) is 16.8 Å². The molecule has 6 heteroatoms. The molecule has 106 valence electrons. The average Bonchev–Trinajstić information content (AvgIpc) is 3.02. The van der Waals surface area contributed by atoms with E-state index in [0.717, 1.165) is 31.9 Å². The quantitative estimate of drug-likeness (QED) is 0.884. The zero-order valence-electron chi connectivity index (χ0n) is 11.4. The van der Waals surface area contributed by atoms with Crippen molar-refractivity contribution in [3.63, 3.8) is 0 Å². The fourth-order valence-corrected chi connectivity index (χ4v) is 2.95. The highest BCUT2D eigenvalue weighted by Gasteiger charge is 2.29. The van der Waals surface area contributed by atoms with E-state index in [1.165, 1.54) is 0 Å². The zero-order valence-corrected chi connectivity index (χ0v) is 11.4. The number of imidazole rings is 1. The Kier molecular flexibility index (Phi) is 3.10. The van der Waals surface area contributed by atoms with Gasteiger partial charge in [0, 0.05) is 12.5 Å². The van der Waals surface area contributed by atoms with Gasteiger partial charge in [-0.05, 0) is 31.6 Å². The molecule has 20 heavy (non-hydrogen) atoms. The molecule has 0 aromatic carbocycles. The van der Waals surface area contributed by atoms with Crippen molar-refractivity contribution in [2.24, 2.45) is 0 Å². The molecule has 0 bridgehead atoms. The number of hydrogen-bond acceptors (Lipinski definition) is 4. The molecular formula is C14H18N4O2. The van der Waals surface area contributed by atoms with Gasteiger partial charge in [0.2, 0.25) is 0 Å². The fraction of sp³-hybridized carbons (Fsp3) is 0.429. The number of aromatic nitrogens is 2. The van der Waals surface area contributed by atoms with Gasteiger partial charge in [0.1, 0.15) is 11.6 Å². The van der Waals surface area contributed by atoms with E-state index >= 15 is 0 Å². The molecule has 2 aromatic heterocycles. The van der Waals surface area contributed by atoms with Gasteiger partial charge < -0.3 is 15.7 Å². The first-order valence-electron chi connectivity index (χ1n) is 6.84. The molecule has 1 atom stereocenters. The maximum atomic E-state index is 11.3. The van der Waals surface area contributed by atoms with Gasteiger partial charge in [0.15, 0.2) is 5.69 Å². The number of nitrogen functional groups attached to an aromatic ring is 1. The Balaban J connectivity index is 2.13. The van der Waals surface area contributed by atoms with Crippen LogP contribution in [0.25, 0.3) is 5.52 Å². The lowest BCUT2D eigenvalue weighted by atomic mass is 10.1. The summed E-state index contributed by atoms with van der Waals surface area (Å²) in [6.07, 6.45) is 0.986. The van der Waals surface area contributed by atoms with Crippen molar-refractivity contribution in [3.8, 4) is 0 Å². The molecule has 1 aliphatic rings. The van der Waals surface area contributed by atoms with Crippen molar-refractivity contribution in [2.75, 3.05) is 25.4 Å². The Morgan fingerprint density at radius 1 is 1.55 bits per heavy atom. The number of pyridine rings is 1. The van der Waals surface area contributed by atoms with Crippen molar-refractivity contribution in [2.45, 2.75) is 19.3 Å². The third-order valence-corrected chi connectivity index (χ3v) is 4.01. The summed E-state index contributed by atoms with van der Waals surface area (Å²) in [5, 5.41) is 9.30. The number of likely N-dealkylation sites (N-methyl/N-ethyl adjacent to an activating group) is 1. The van der Waals surface area contributed by atoms with Crippen molar-refractivity contribution in [3.05, 3.63) is 29.7 Å². The van der Waals surface area contributed by atoms with Gasteiger partial charge >= 0.3 is 5.97 Å². The molecule has 2 aromatic rings. The number of nitrogens with two attached hydrogens (primary N) is 1. The van der Waals surface area contributed by atoms with Crippen LogP contribution in [0.3, 0.4) is 0 Å². The second-order valence-electron chi connectivity index (χ2n) is 5.17. The lowest BCUT2D eigenvalue weighted by Crippen LogP contribution is -2.20. The SMILES string of the molecule is CCN1CCC(c2nc(C(=O)O)c3cccc(N)n23)C1. The number of carboxylic acids is 1. The molecule has 0 saturated carbocycles. The van der Waals surface area contributed by atoms with E-state index in [4.69, 9.17) is 5.73 Å². The molecule has 3 rings (SSSR count). The number of likely N-dealkylation sites (tertiary alicyclic amines) is 1. The van der Waals surface area contributed by atoms with Gasteiger partial charge in [-0.3, -0.25) is 4.40 Å². The summed E-state index contributed by atoms with van der Waals surface area (Å²) in [5.41, 5.74) is 6.68.